The lowest BCUT2D eigenvalue weighted by atomic mass is 10.1. The number of carbonyl (C=O) groups is 1. The van der Waals surface area contributed by atoms with Gasteiger partial charge in [0.25, 0.3) is 0 Å². The number of hydrazine groups is 1. The van der Waals surface area contributed by atoms with Crippen LogP contribution in [0.15, 0.2) is 29.7 Å². The highest BCUT2D eigenvalue weighted by Crippen LogP contribution is 2.38. The van der Waals surface area contributed by atoms with E-state index in [0.717, 1.165) is 50.1 Å². The number of anilines is 1. The van der Waals surface area contributed by atoms with Gasteiger partial charge in [-0.1, -0.05) is 11.8 Å². The van der Waals surface area contributed by atoms with Gasteiger partial charge in [-0.3, -0.25) is 9.80 Å². The van der Waals surface area contributed by atoms with E-state index in [-0.39, 0.29) is 12.8 Å². The Balaban J connectivity index is 1.38. The zero-order chi connectivity index (χ0) is 24.6. The minimum Gasteiger partial charge on any atom is -0.481 e. The highest BCUT2D eigenvalue weighted by atomic mass is 32.2. The fraction of sp³-hybridized carbons (Fsp3) is 0.455. The molecule has 0 saturated carbocycles. The van der Waals surface area contributed by atoms with Gasteiger partial charge in [-0.2, -0.15) is 18.2 Å². The van der Waals surface area contributed by atoms with Crippen LogP contribution in [0.1, 0.15) is 29.7 Å². The second kappa shape index (κ2) is 9.53. The number of fused-ring (bicyclic) bond motifs is 1. The van der Waals surface area contributed by atoms with E-state index in [9.17, 15) is 18.0 Å². The SMILES string of the molecule is COc1ncc(N2CCc3ncnc(OC4CCCN4N4C=C(C=O)SC4)c3C2)cc1C(F)(F)F. The van der Waals surface area contributed by atoms with Gasteiger partial charge in [-0.05, 0) is 12.5 Å². The number of alkyl halides is 3. The summed E-state index contributed by atoms with van der Waals surface area (Å²) < 4.78 is 51.7. The number of methoxy groups -OCH3 is 1. The number of rotatable bonds is 6. The fourth-order valence-electron chi connectivity index (χ4n) is 4.46. The predicted molar refractivity (Wildman–Crippen MR) is 121 cm³/mol. The van der Waals surface area contributed by atoms with E-state index < -0.39 is 17.6 Å². The van der Waals surface area contributed by atoms with Crippen LogP contribution in [-0.4, -0.2) is 63.6 Å². The minimum absolute atomic E-state index is 0.272. The van der Waals surface area contributed by atoms with E-state index in [2.05, 4.69) is 20.0 Å². The van der Waals surface area contributed by atoms with Crippen LogP contribution < -0.4 is 14.4 Å². The molecule has 0 spiro atoms. The van der Waals surface area contributed by atoms with Crippen LogP contribution in [0.5, 0.6) is 11.8 Å². The lowest BCUT2D eigenvalue weighted by molar-refractivity contribution is -0.139. The molecule has 0 bridgehead atoms. The van der Waals surface area contributed by atoms with Gasteiger partial charge in [0.05, 0.1) is 47.6 Å². The number of allylic oxidation sites excluding steroid dienone is 1. The quantitative estimate of drug-likeness (QED) is 0.543. The molecule has 0 aromatic carbocycles. The van der Waals surface area contributed by atoms with Gasteiger partial charge in [0, 0.05) is 32.1 Å². The van der Waals surface area contributed by atoms with E-state index in [1.165, 1.54) is 24.3 Å². The lowest BCUT2D eigenvalue weighted by Gasteiger charge is -2.34. The molecule has 5 rings (SSSR count). The van der Waals surface area contributed by atoms with Gasteiger partial charge >= 0.3 is 6.18 Å². The number of carbonyl (C=O) groups excluding carboxylic acids is 1. The van der Waals surface area contributed by atoms with Crippen molar-refractivity contribution >= 4 is 23.7 Å². The number of ether oxygens (including phenoxy) is 2. The first-order chi connectivity index (χ1) is 16.9. The molecule has 0 radical (unpaired) electrons. The van der Waals surface area contributed by atoms with E-state index in [4.69, 9.17) is 9.47 Å². The second-order valence-corrected chi connectivity index (χ2v) is 9.28. The Kier molecular flexibility index (Phi) is 6.45. The van der Waals surface area contributed by atoms with Crippen LogP contribution in [-0.2, 0) is 23.9 Å². The molecular weight excluding hydrogens is 485 g/mol. The number of thioether (sulfide) groups is 1. The van der Waals surface area contributed by atoms with E-state index >= 15 is 0 Å². The molecule has 0 aliphatic carbocycles. The van der Waals surface area contributed by atoms with Crippen molar-refractivity contribution in [2.75, 3.05) is 31.0 Å². The zero-order valence-corrected chi connectivity index (χ0v) is 19.7. The molecule has 1 unspecified atom stereocenters. The monoisotopic (exact) mass is 508 g/mol. The minimum atomic E-state index is -4.59. The Morgan fingerprint density at radius 1 is 1.20 bits per heavy atom. The molecule has 1 saturated heterocycles. The Bertz CT molecular complexity index is 1150. The Hall–Kier alpha value is -3.06. The third-order valence-electron chi connectivity index (χ3n) is 6.17. The predicted octanol–water partition coefficient (Wildman–Crippen LogP) is 3.22. The van der Waals surface area contributed by atoms with Gasteiger partial charge in [0.1, 0.15) is 11.9 Å². The third-order valence-corrected chi connectivity index (χ3v) is 7.10. The van der Waals surface area contributed by atoms with Crippen molar-refractivity contribution < 1.29 is 27.4 Å². The van der Waals surface area contributed by atoms with Crippen LogP contribution in [0, 0.1) is 0 Å². The summed E-state index contributed by atoms with van der Waals surface area (Å²) >= 11 is 1.47. The zero-order valence-electron chi connectivity index (χ0n) is 18.9. The summed E-state index contributed by atoms with van der Waals surface area (Å²) in [5.41, 5.74) is 0.974. The Labute approximate surface area is 203 Å². The van der Waals surface area contributed by atoms with Crippen molar-refractivity contribution in [2.24, 2.45) is 0 Å². The van der Waals surface area contributed by atoms with Crippen LogP contribution in [0.4, 0.5) is 18.9 Å². The first-order valence-electron chi connectivity index (χ1n) is 11.1. The molecule has 186 valence electrons. The smallest absolute Gasteiger partial charge is 0.421 e. The molecule has 2 aromatic heterocycles. The number of hydrogen-bond donors (Lipinski definition) is 0. The van der Waals surface area contributed by atoms with Crippen LogP contribution >= 0.6 is 11.8 Å². The largest absolute Gasteiger partial charge is 0.481 e. The van der Waals surface area contributed by atoms with Crippen LogP contribution in [0.3, 0.4) is 0 Å². The number of hydrogen-bond acceptors (Lipinski definition) is 10. The normalized spacial score (nSPS) is 20.6. The van der Waals surface area contributed by atoms with Crippen LogP contribution in [0.25, 0.3) is 0 Å². The number of halogens is 3. The average molecular weight is 509 g/mol. The molecule has 35 heavy (non-hydrogen) atoms. The van der Waals surface area contributed by atoms with E-state index in [1.54, 1.807) is 0 Å². The van der Waals surface area contributed by atoms with Crippen LogP contribution in [0.2, 0.25) is 0 Å². The van der Waals surface area contributed by atoms with Gasteiger partial charge in [0.15, 0.2) is 12.5 Å². The standard InChI is InChI=1S/C22H23F3N6O3S/c1-33-21-17(22(23,24)25)7-14(8-26-21)29-6-4-18-16(10-29)20(28-12-27-18)34-19-3-2-5-31(19)30-9-15(11-32)35-13-30/h7-9,11-12,19H,2-6,10,13H2,1H3. The van der Waals surface area contributed by atoms with Gasteiger partial charge in [0.2, 0.25) is 11.8 Å². The highest BCUT2D eigenvalue weighted by Gasteiger charge is 2.37. The van der Waals surface area contributed by atoms with Crippen molar-refractivity contribution in [3.8, 4) is 11.8 Å². The molecule has 3 aliphatic rings. The third kappa shape index (κ3) is 4.74. The summed E-state index contributed by atoms with van der Waals surface area (Å²) in [5, 5.41) is 4.05. The van der Waals surface area contributed by atoms with E-state index in [0.29, 0.717) is 35.3 Å². The Morgan fingerprint density at radius 3 is 2.80 bits per heavy atom. The molecule has 1 atom stereocenters. The molecule has 3 aliphatic heterocycles. The Morgan fingerprint density at radius 2 is 2.06 bits per heavy atom. The maximum atomic E-state index is 13.5. The fourth-order valence-corrected chi connectivity index (χ4v) is 5.22. The van der Waals surface area contributed by atoms with Crippen molar-refractivity contribution in [1.82, 2.24) is 25.0 Å². The summed E-state index contributed by atoms with van der Waals surface area (Å²) in [6.07, 6.45) is 2.86. The van der Waals surface area contributed by atoms with E-state index in [1.807, 2.05) is 16.1 Å². The first kappa shape index (κ1) is 23.7. The van der Waals surface area contributed by atoms with Gasteiger partial charge in [-0.15, -0.1) is 0 Å². The molecule has 0 N–H and O–H groups in total. The second-order valence-electron chi connectivity index (χ2n) is 8.26. The summed E-state index contributed by atoms with van der Waals surface area (Å²) in [7, 11) is 1.16. The molecule has 9 nitrogen and oxygen atoms in total. The molecule has 0 amide bonds. The average Bonchev–Trinajstić information content (AvgIpc) is 3.52. The lowest BCUT2D eigenvalue weighted by Crippen LogP contribution is -2.44. The summed E-state index contributed by atoms with van der Waals surface area (Å²) in [4.78, 5) is 26.2. The molecule has 1 fully saturated rings. The molecule has 2 aromatic rings. The maximum absolute atomic E-state index is 13.5. The van der Waals surface area contributed by atoms with Crippen molar-refractivity contribution in [3.05, 3.63) is 46.5 Å². The summed E-state index contributed by atoms with van der Waals surface area (Å²) in [6, 6.07) is 1.06. The number of pyridine rings is 1. The van der Waals surface area contributed by atoms with Crippen molar-refractivity contribution in [3.63, 3.8) is 0 Å². The first-order valence-corrected chi connectivity index (χ1v) is 12.0. The van der Waals surface area contributed by atoms with Crippen molar-refractivity contribution in [1.29, 1.82) is 0 Å². The number of aromatic nitrogens is 3. The summed E-state index contributed by atoms with van der Waals surface area (Å²) in [5.74, 6) is 0.593. The molecule has 5 heterocycles. The number of aldehydes is 1. The summed E-state index contributed by atoms with van der Waals surface area (Å²) in [6.45, 7) is 1.55. The molecule has 13 heteroatoms. The topological polar surface area (TPSA) is 83.9 Å². The maximum Gasteiger partial charge on any atom is 0.421 e. The highest BCUT2D eigenvalue weighted by molar-refractivity contribution is 8.04. The van der Waals surface area contributed by atoms with Crippen molar-refractivity contribution in [2.45, 2.75) is 38.2 Å². The van der Waals surface area contributed by atoms with Gasteiger partial charge in [-0.25, -0.2) is 15.0 Å². The van der Waals surface area contributed by atoms with Gasteiger partial charge < -0.3 is 14.4 Å². The molecular formula is C22H23F3N6O3S. The number of nitrogens with zero attached hydrogens (tertiary/aromatic N) is 6.